The molecular formula is C20H18N2O5S. The van der Waals surface area contributed by atoms with Crippen LogP contribution in [0.3, 0.4) is 0 Å². The first-order valence-electron chi connectivity index (χ1n) is 9.05. The second-order valence-electron chi connectivity index (χ2n) is 6.68. The molecule has 2 aromatic rings. The van der Waals surface area contributed by atoms with Crippen LogP contribution in [0.4, 0.5) is 5.00 Å². The van der Waals surface area contributed by atoms with Gasteiger partial charge in [-0.2, -0.15) is 0 Å². The molecule has 2 aliphatic rings. The smallest absolute Gasteiger partial charge is 0.341 e. The minimum Gasteiger partial charge on any atom is -0.462 e. The fourth-order valence-corrected chi connectivity index (χ4v) is 4.11. The fraction of sp³-hybridized carbons (Fsp3) is 0.300. The standard InChI is InChI=1S/C20H18N2O5S/c1-2-27-20(26)15-9-12(28-17(15)21-16(23)11-7-8-11)10-22-18(24)13-5-3-4-6-14(13)19(22)25/h3-6,9,11H,2,7-8,10H2,1H3,(H,21,23). The van der Waals surface area contributed by atoms with E-state index in [2.05, 4.69) is 5.32 Å². The van der Waals surface area contributed by atoms with E-state index in [1.807, 2.05) is 0 Å². The number of benzene rings is 1. The van der Waals surface area contributed by atoms with Gasteiger partial charge in [-0.1, -0.05) is 12.1 Å². The van der Waals surface area contributed by atoms with Gasteiger partial charge in [-0.15, -0.1) is 11.3 Å². The summed E-state index contributed by atoms with van der Waals surface area (Å²) in [6.07, 6.45) is 1.68. The van der Waals surface area contributed by atoms with E-state index in [1.165, 1.54) is 11.3 Å². The molecule has 4 rings (SSSR count). The first-order valence-corrected chi connectivity index (χ1v) is 9.87. The number of hydrogen-bond donors (Lipinski definition) is 1. The van der Waals surface area contributed by atoms with E-state index in [4.69, 9.17) is 4.74 Å². The molecule has 7 nitrogen and oxygen atoms in total. The number of rotatable bonds is 6. The number of carbonyl (C=O) groups is 4. The number of imide groups is 1. The van der Waals surface area contributed by atoms with E-state index in [0.717, 1.165) is 17.7 Å². The molecule has 1 fully saturated rings. The van der Waals surface area contributed by atoms with Gasteiger partial charge in [-0.3, -0.25) is 19.3 Å². The Labute approximate surface area is 165 Å². The van der Waals surface area contributed by atoms with Crippen LogP contribution in [0.15, 0.2) is 30.3 Å². The lowest BCUT2D eigenvalue weighted by Gasteiger charge is -2.12. The van der Waals surface area contributed by atoms with Gasteiger partial charge in [0, 0.05) is 10.8 Å². The lowest BCUT2D eigenvalue weighted by molar-refractivity contribution is -0.117. The molecule has 0 unspecified atom stereocenters. The van der Waals surface area contributed by atoms with E-state index in [1.54, 1.807) is 37.3 Å². The van der Waals surface area contributed by atoms with Gasteiger partial charge in [-0.25, -0.2) is 4.79 Å². The van der Waals surface area contributed by atoms with Crippen molar-refractivity contribution < 1.29 is 23.9 Å². The summed E-state index contributed by atoms with van der Waals surface area (Å²) in [6, 6.07) is 8.24. The van der Waals surface area contributed by atoms with Gasteiger partial charge >= 0.3 is 5.97 Å². The SMILES string of the molecule is CCOC(=O)c1cc(CN2C(=O)c3ccccc3C2=O)sc1NC(=O)C1CC1. The summed E-state index contributed by atoms with van der Waals surface area (Å²) in [4.78, 5) is 51.3. The second kappa shape index (κ2) is 7.20. The Morgan fingerprint density at radius 1 is 1.18 bits per heavy atom. The highest BCUT2D eigenvalue weighted by Crippen LogP contribution is 2.35. The Hall–Kier alpha value is -3.00. The first kappa shape index (κ1) is 18.4. The molecular weight excluding hydrogens is 380 g/mol. The second-order valence-corrected chi connectivity index (χ2v) is 7.82. The number of thiophene rings is 1. The molecule has 1 N–H and O–H groups in total. The largest absolute Gasteiger partial charge is 0.462 e. The summed E-state index contributed by atoms with van der Waals surface area (Å²) < 4.78 is 5.07. The summed E-state index contributed by atoms with van der Waals surface area (Å²) >= 11 is 1.18. The van der Waals surface area contributed by atoms with Crippen LogP contribution < -0.4 is 5.32 Å². The van der Waals surface area contributed by atoms with Gasteiger partial charge in [0.05, 0.1) is 29.8 Å². The molecule has 3 amide bonds. The lowest BCUT2D eigenvalue weighted by Crippen LogP contribution is -2.28. The van der Waals surface area contributed by atoms with Gasteiger partial charge in [0.1, 0.15) is 5.00 Å². The maximum absolute atomic E-state index is 12.6. The number of nitrogens with zero attached hydrogens (tertiary/aromatic N) is 1. The minimum absolute atomic E-state index is 0.0168. The molecule has 8 heteroatoms. The van der Waals surface area contributed by atoms with E-state index in [-0.39, 0.29) is 42.4 Å². The lowest BCUT2D eigenvalue weighted by atomic mass is 10.1. The molecule has 0 bridgehead atoms. The molecule has 1 aromatic carbocycles. The Kier molecular flexibility index (Phi) is 4.72. The number of carbonyl (C=O) groups excluding carboxylic acids is 4. The molecule has 144 valence electrons. The summed E-state index contributed by atoms with van der Waals surface area (Å²) in [6.45, 7) is 1.94. The third-order valence-corrected chi connectivity index (χ3v) is 5.69. The van der Waals surface area contributed by atoms with Crippen LogP contribution in [0.2, 0.25) is 0 Å². The molecule has 1 aliphatic heterocycles. The van der Waals surface area contributed by atoms with E-state index in [0.29, 0.717) is 21.0 Å². The summed E-state index contributed by atoms with van der Waals surface area (Å²) in [5.41, 5.74) is 0.987. The minimum atomic E-state index is -0.543. The van der Waals surface area contributed by atoms with Gasteiger partial charge < -0.3 is 10.1 Å². The molecule has 1 aromatic heterocycles. The van der Waals surface area contributed by atoms with Crippen molar-refractivity contribution in [3.8, 4) is 0 Å². The number of ether oxygens (including phenoxy) is 1. The third kappa shape index (κ3) is 3.31. The van der Waals surface area contributed by atoms with Crippen molar-refractivity contribution >= 4 is 40.0 Å². The molecule has 1 saturated carbocycles. The van der Waals surface area contributed by atoms with E-state index in [9.17, 15) is 19.2 Å². The molecule has 28 heavy (non-hydrogen) atoms. The molecule has 0 atom stereocenters. The summed E-state index contributed by atoms with van der Waals surface area (Å²) in [5.74, 6) is -1.42. The van der Waals surface area contributed by atoms with Gasteiger partial charge in [0.2, 0.25) is 5.91 Å². The van der Waals surface area contributed by atoms with E-state index < -0.39 is 5.97 Å². The van der Waals surface area contributed by atoms with Crippen LogP contribution in [0.5, 0.6) is 0 Å². The number of esters is 1. The summed E-state index contributed by atoms with van der Waals surface area (Å²) in [5, 5.41) is 3.18. The van der Waals surface area contributed by atoms with Gasteiger partial charge in [0.25, 0.3) is 11.8 Å². The van der Waals surface area contributed by atoms with Crippen molar-refractivity contribution in [2.24, 2.45) is 5.92 Å². The number of nitrogens with one attached hydrogen (secondary N) is 1. The average molecular weight is 398 g/mol. The summed E-state index contributed by atoms with van der Waals surface area (Å²) in [7, 11) is 0. The van der Waals surface area contributed by atoms with Crippen molar-refractivity contribution in [1.29, 1.82) is 0 Å². The number of hydrogen-bond acceptors (Lipinski definition) is 6. The zero-order valence-electron chi connectivity index (χ0n) is 15.2. The van der Waals surface area contributed by atoms with Gasteiger partial charge in [-0.05, 0) is 38.0 Å². The van der Waals surface area contributed by atoms with Crippen LogP contribution in [-0.2, 0) is 16.1 Å². The quantitative estimate of drug-likeness (QED) is 0.596. The van der Waals surface area contributed by atoms with Crippen molar-refractivity contribution in [3.05, 3.63) is 51.9 Å². The molecule has 2 heterocycles. The predicted molar refractivity (Wildman–Crippen MR) is 102 cm³/mol. The van der Waals surface area contributed by atoms with Crippen LogP contribution >= 0.6 is 11.3 Å². The maximum atomic E-state index is 12.6. The predicted octanol–water partition coefficient (Wildman–Crippen LogP) is 3.07. The maximum Gasteiger partial charge on any atom is 0.341 e. The van der Waals surface area contributed by atoms with Gasteiger partial charge in [0.15, 0.2) is 0 Å². The van der Waals surface area contributed by atoms with Crippen LogP contribution in [0.25, 0.3) is 0 Å². The zero-order valence-corrected chi connectivity index (χ0v) is 16.0. The normalized spacial score (nSPS) is 15.5. The molecule has 0 saturated heterocycles. The Bertz CT molecular complexity index is 957. The van der Waals surface area contributed by atoms with Crippen molar-refractivity contribution in [2.75, 3.05) is 11.9 Å². The number of fused-ring (bicyclic) bond motifs is 1. The average Bonchev–Trinajstić information content (AvgIpc) is 3.43. The molecule has 0 radical (unpaired) electrons. The Morgan fingerprint density at radius 3 is 2.39 bits per heavy atom. The Morgan fingerprint density at radius 2 is 1.82 bits per heavy atom. The highest BCUT2D eigenvalue weighted by Gasteiger charge is 2.36. The first-order chi connectivity index (χ1) is 13.5. The van der Waals surface area contributed by atoms with E-state index >= 15 is 0 Å². The molecule has 1 aliphatic carbocycles. The zero-order chi connectivity index (χ0) is 19.8. The highest BCUT2D eigenvalue weighted by atomic mass is 32.1. The topological polar surface area (TPSA) is 92.8 Å². The monoisotopic (exact) mass is 398 g/mol. The highest BCUT2D eigenvalue weighted by molar-refractivity contribution is 7.16. The van der Waals surface area contributed by atoms with Crippen molar-refractivity contribution in [1.82, 2.24) is 4.90 Å². The van der Waals surface area contributed by atoms with Crippen molar-refractivity contribution in [3.63, 3.8) is 0 Å². The molecule has 0 spiro atoms. The number of anilines is 1. The van der Waals surface area contributed by atoms with Crippen molar-refractivity contribution in [2.45, 2.75) is 26.3 Å². The Balaban J connectivity index is 1.59. The van der Waals surface area contributed by atoms with Crippen LogP contribution in [0.1, 0.15) is 55.7 Å². The number of amides is 3. The van der Waals surface area contributed by atoms with Crippen LogP contribution in [-0.4, -0.2) is 35.2 Å². The fourth-order valence-electron chi connectivity index (χ4n) is 3.07. The van der Waals surface area contributed by atoms with Crippen LogP contribution in [0, 0.1) is 5.92 Å². The third-order valence-electron chi connectivity index (χ3n) is 4.66.